The van der Waals surface area contributed by atoms with Gasteiger partial charge in [-0.15, -0.1) is 0 Å². The fourth-order valence-corrected chi connectivity index (χ4v) is 5.12. The lowest BCUT2D eigenvalue weighted by molar-refractivity contribution is 0.290. The Bertz CT molecular complexity index is 1730. The first kappa shape index (κ1) is 30.4. The first-order chi connectivity index (χ1) is 21.5. The van der Waals surface area contributed by atoms with Gasteiger partial charge in [0.1, 0.15) is 11.4 Å². The van der Waals surface area contributed by atoms with Gasteiger partial charge in [0.15, 0.2) is 17.2 Å². The summed E-state index contributed by atoms with van der Waals surface area (Å²) >= 11 is 0. The zero-order valence-electron chi connectivity index (χ0n) is 24.4. The van der Waals surface area contributed by atoms with Crippen LogP contribution >= 0.6 is 0 Å². The van der Waals surface area contributed by atoms with Gasteiger partial charge in [-0.2, -0.15) is 0 Å². The number of ether oxygens (including phenoxy) is 1. The molecule has 5 aromatic rings. The molecule has 2 N–H and O–H groups in total. The number of aromatic nitrogens is 3. The number of rotatable bonds is 15. The number of phenols is 1. The van der Waals surface area contributed by atoms with Crippen molar-refractivity contribution in [3.05, 3.63) is 118 Å². The summed E-state index contributed by atoms with van der Waals surface area (Å²) < 4.78 is 22.2. The lowest BCUT2D eigenvalue weighted by Gasteiger charge is -2.09. The summed E-state index contributed by atoms with van der Waals surface area (Å²) in [5.74, 6) is -0.127. The molecule has 2 aromatic heterocycles. The predicted octanol–water partition coefficient (Wildman–Crippen LogP) is 8.16. The molecule has 3 aromatic carbocycles. The van der Waals surface area contributed by atoms with E-state index in [9.17, 15) is 14.6 Å². The highest BCUT2D eigenvalue weighted by Gasteiger charge is 2.19. The third-order valence-corrected chi connectivity index (χ3v) is 7.44. The molecule has 10 heteroatoms. The van der Waals surface area contributed by atoms with Gasteiger partial charge in [0.25, 0.3) is 0 Å². The van der Waals surface area contributed by atoms with Crippen LogP contribution in [0.1, 0.15) is 61.0 Å². The van der Waals surface area contributed by atoms with Crippen LogP contribution in [0, 0.1) is 5.82 Å². The number of benzene rings is 3. The Morgan fingerprint density at radius 3 is 2.30 bits per heavy atom. The Labute approximate surface area is 255 Å². The van der Waals surface area contributed by atoms with E-state index in [4.69, 9.17) is 20.2 Å². The SMILES string of the molecule is [N-]=[N+]=NCCCCCCCCOc1ccc(Cc2nc3c(Cc4ccccc4)nc(-c4ccc(O)cc4)cn3c2O)cc1F. The van der Waals surface area contributed by atoms with Crippen molar-refractivity contribution in [2.45, 2.75) is 51.4 Å². The number of aromatic hydroxyl groups is 2. The number of halogens is 1. The molecule has 0 bridgehead atoms. The van der Waals surface area contributed by atoms with Gasteiger partial charge in [-0.05, 0) is 65.9 Å². The molecule has 0 amide bonds. The van der Waals surface area contributed by atoms with Crippen molar-refractivity contribution < 1.29 is 19.3 Å². The van der Waals surface area contributed by atoms with Crippen LogP contribution in [0.15, 0.2) is 84.1 Å². The van der Waals surface area contributed by atoms with E-state index in [1.807, 2.05) is 30.3 Å². The molecule has 0 saturated heterocycles. The van der Waals surface area contributed by atoms with E-state index in [-0.39, 0.29) is 23.8 Å². The standard InChI is InChI=1S/C34H35FN6O3/c35-28-20-25(12-17-32(28)44-19-9-4-2-1-3-8-18-37-40-36)22-30-34(43)41-23-31(26-13-15-27(42)16-14-26)38-29(33(41)39-30)21-24-10-6-5-7-11-24/h5-7,10-17,20,23,42-43H,1-4,8-9,18-19,21-22H2. The molecule has 0 radical (unpaired) electrons. The minimum Gasteiger partial charge on any atom is -0.508 e. The van der Waals surface area contributed by atoms with E-state index < -0.39 is 5.82 Å². The molecule has 0 aliphatic carbocycles. The van der Waals surface area contributed by atoms with Gasteiger partial charge in [-0.3, -0.25) is 4.40 Å². The molecule has 226 valence electrons. The molecule has 44 heavy (non-hydrogen) atoms. The molecule has 2 heterocycles. The van der Waals surface area contributed by atoms with Crippen LogP contribution in [0.25, 0.3) is 27.3 Å². The lowest BCUT2D eigenvalue weighted by atomic mass is 10.1. The maximum atomic E-state index is 14.9. The third kappa shape index (κ3) is 7.85. The van der Waals surface area contributed by atoms with Crippen LogP contribution in [0.3, 0.4) is 0 Å². The summed E-state index contributed by atoms with van der Waals surface area (Å²) in [4.78, 5) is 12.4. The molecule has 0 unspecified atom stereocenters. The molecule has 5 rings (SSSR count). The van der Waals surface area contributed by atoms with Crippen LogP contribution in [-0.2, 0) is 12.8 Å². The van der Waals surface area contributed by atoms with Crippen molar-refractivity contribution in [1.29, 1.82) is 0 Å². The fraction of sp³-hybridized carbons (Fsp3) is 0.294. The molecular weight excluding hydrogens is 559 g/mol. The number of hydrogen-bond acceptors (Lipinski definition) is 6. The predicted molar refractivity (Wildman–Crippen MR) is 167 cm³/mol. The van der Waals surface area contributed by atoms with Gasteiger partial charge in [0.2, 0.25) is 5.88 Å². The average Bonchev–Trinajstić information content (AvgIpc) is 3.34. The van der Waals surface area contributed by atoms with Gasteiger partial charge in [0, 0.05) is 36.1 Å². The number of azide groups is 1. The maximum Gasteiger partial charge on any atom is 0.219 e. The minimum absolute atomic E-state index is 0.0322. The summed E-state index contributed by atoms with van der Waals surface area (Å²) in [6, 6.07) is 21.5. The van der Waals surface area contributed by atoms with Crippen molar-refractivity contribution in [2.75, 3.05) is 13.2 Å². The van der Waals surface area contributed by atoms with E-state index in [2.05, 4.69) is 10.0 Å². The summed E-state index contributed by atoms with van der Waals surface area (Å²) in [5, 5.41) is 24.5. The van der Waals surface area contributed by atoms with Gasteiger partial charge in [-0.1, -0.05) is 67.2 Å². The van der Waals surface area contributed by atoms with Crippen LogP contribution in [0.5, 0.6) is 17.4 Å². The molecule has 0 fully saturated rings. The second-order valence-electron chi connectivity index (χ2n) is 10.7. The Hall–Kier alpha value is -5.08. The summed E-state index contributed by atoms with van der Waals surface area (Å²) in [7, 11) is 0. The first-order valence-electron chi connectivity index (χ1n) is 14.9. The minimum atomic E-state index is -0.454. The van der Waals surface area contributed by atoms with Crippen LogP contribution < -0.4 is 4.74 Å². The highest BCUT2D eigenvalue weighted by atomic mass is 19.1. The third-order valence-electron chi connectivity index (χ3n) is 7.44. The molecule has 0 atom stereocenters. The second kappa shape index (κ2) is 14.9. The summed E-state index contributed by atoms with van der Waals surface area (Å²) in [6.07, 6.45) is 8.34. The maximum absolute atomic E-state index is 14.9. The molecule has 0 aliphatic heterocycles. The van der Waals surface area contributed by atoms with Gasteiger partial charge in [0.05, 0.1) is 18.0 Å². The zero-order valence-corrected chi connectivity index (χ0v) is 24.4. The topological polar surface area (TPSA) is 129 Å². The smallest absolute Gasteiger partial charge is 0.219 e. The molecule has 0 spiro atoms. The van der Waals surface area contributed by atoms with Crippen molar-refractivity contribution in [1.82, 2.24) is 14.4 Å². The Morgan fingerprint density at radius 2 is 1.55 bits per heavy atom. The van der Waals surface area contributed by atoms with Crippen LogP contribution in [0.4, 0.5) is 4.39 Å². The monoisotopic (exact) mass is 594 g/mol. The van der Waals surface area contributed by atoms with Gasteiger partial charge in [-0.25, -0.2) is 14.4 Å². The van der Waals surface area contributed by atoms with Crippen molar-refractivity contribution in [3.63, 3.8) is 0 Å². The highest BCUT2D eigenvalue weighted by Crippen LogP contribution is 2.30. The number of phenolic OH excluding ortho intramolecular Hbond substituents is 1. The van der Waals surface area contributed by atoms with E-state index in [0.29, 0.717) is 47.9 Å². The highest BCUT2D eigenvalue weighted by molar-refractivity contribution is 5.64. The number of nitrogens with zero attached hydrogens (tertiary/aromatic N) is 6. The zero-order chi connectivity index (χ0) is 30.7. The van der Waals surface area contributed by atoms with E-state index in [1.54, 1.807) is 47.0 Å². The second-order valence-corrected chi connectivity index (χ2v) is 10.7. The molecule has 0 saturated carbocycles. The van der Waals surface area contributed by atoms with Crippen LogP contribution in [-0.4, -0.2) is 37.7 Å². The number of fused-ring (bicyclic) bond motifs is 1. The molecule has 9 nitrogen and oxygen atoms in total. The first-order valence-corrected chi connectivity index (χ1v) is 14.9. The van der Waals surface area contributed by atoms with Crippen molar-refractivity contribution >= 4 is 5.65 Å². The van der Waals surface area contributed by atoms with E-state index in [1.165, 1.54) is 6.07 Å². The largest absolute Gasteiger partial charge is 0.508 e. The summed E-state index contributed by atoms with van der Waals surface area (Å²) in [6.45, 7) is 0.975. The van der Waals surface area contributed by atoms with Gasteiger partial charge < -0.3 is 14.9 Å². The Balaban J connectivity index is 1.28. The summed E-state index contributed by atoms with van der Waals surface area (Å²) in [5.41, 5.74) is 13.0. The molecular formula is C34H35FN6O3. The van der Waals surface area contributed by atoms with Crippen molar-refractivity contribution in [3.8, 4) is 28.6 Å². The molecule has 0 aliphatic rings. The lowest BCUT2D eigenvalue weighted by Crippen LogP contribution is -2.01. The van der Waals surface area contributed by atoms with Crippen molar-refractivity contribution in [2.24, 2.45) is 5.11 Å². The van der Waals surface area contributed by atoms with E-state index >= 15 is 0 Å². The Kier molecular flexibility index (Phi) is 10.3. The van der Waals surface area contributed by atoms with E-state index in [0.717, 1.165) is 49.7 Å². The number of unbranched alkanes of at least 4 members (excludes halogenated alkanes) is 5. The normalized spacial score (nSPS) is 11.0. The number of hydrogen-bond donors (Lipinski definition) is 2. The fourth-order valence-electron chi connectivity index (χ4n) is 5.12. The van der Waals surface area contributed by atoms with Gasteiger partial charge >= 0.3 is 0 Å². The quantitative estimate of drug-likeness (QED) is 0.0547. The average molecular weight is 595 g/mol. The Morgan fingerprint density at radius 1 is 0.818 bits per heavy atom. The van der Waals surface area contributed by atoms with Crippen LogP contribution in [0.2, 0.25) is 0 Å². The number of imidazole rings is 1.